The van der Waals surface area contributed by atoms with E-state index in [9.17, 15) is 0 Å². The van der Waals surface area contributed by atoms with Crippen molar-refractivity contribution in [3.63, 3.8) is 0 Å². The Balaban J connectivity index is 0.00000106. The van der Waals surface area contributed by atoms with Gasteiger partial charge in [-0.3, -0.25) is 4.98 Å². The third kappa shape index (κ3) is 4.01. The summed E-state index contributed by atoms with van der Waals surface area (Å²) in [6.07, 6.45) is 7.80. The van der Waals surface area contributed by atoms with Gasteiger partial charge in [0.15, 0.2) is 0 Å². The van der Waals surface area contributed by atoms with Gasteiger partial charge in [-0.05, 0) is 30.5 Å². The predicted octanol–water partition coefficient (Wildman–Crippen LogP) is 4.91. The van der Waals surface area contributed by atoms with E-state index >= 15 is 0 Å². The van der Waals surface area contributed by atoms with Gasteiger partial charge in [0.1, 0.15) is 0 Å². The molecule has 0 aliphatic rings. The molecule has 0 unspecified atom stereocenters. The van der Waals surface area contributed by atoms with Crippen LogP contribution in [0.2, 0.25) is 0 Å². The number of allylic oxidation sites excluding steroid dienone is 1. The second-order valence-corrected chi connectivity index (χ2v) is 3.60. The minimum absolute atomic E-state index is 0.519. The van der Waals surface area contributed by atoms with Gasteiger partial charge in [-0.15, -0.1) is 0 Å². The number of nitrogens with zero attached hydrogens (tertiary/aromatic N) is 1. The molecule has 0 aliphatic heterocycles. The molecule has 0 radical (unpaired) electrons. The summed E-state index contributed by atoms with van der Waals surface area (Å²) in [5.41, 5.74) is 3.37. The largest absolute Gasteiger partial charge is 0.256 e. The van der Waals surface area contributed by atoms with Gasteiger partial charge in [0.25, 0.3) is 0 Å². The van der Waals surface area contributed by atoms with Gasteiger partial charge in [0.05, 0.1) is 5.69 Å². The van der Waals surface area contributed by atoms with Crippen molar-refractivity contribution in [2.75, 3.05) is 0 Å². The average Bonchev–Trinajstić information content (AvgIpc) is 2.32. The molecule has 0 aliphatic carbocycles. The Morgan fingerprint density at radius 3 is 2.38 bits per heavy atom. The van der Waals surface area contributed by atoms with Gasteiger partial charge in [-0.25, -0.2) is 0 Å². The Labute approximate surface area is 99.9 Å². The van der Waals surface area contributed by atoms with Gasteiger partial charge in [-0.2, -0.15) is 0 Å². The zero-order valence-corrected chi connectivity index (χ0v) is 11.1. The normalized spacial score (nSPS) is 10.1. The highest BCUT2D eigenvalue weighted by atomic mass is 14.7. The maximum Gasteiger partial charge on any atom is 0.0696 e. The van der Waals surface area contributed by atoms with Crippen LogP contribution in [0.15, 0.2) is 24.9 Å². The van der Waals surface area contributed by atoms with Crippen LogP contribution in [0.4, 0.5) is 0 Å². The predicted molar refractivity (Wildman–Crippen MR) is 74.5 cm³/mol. The van der Waals surface area contributed by atoms with E-state index in [4.69, 9.17) is 0 Å². The smallest absolute Gasteiger partial charge is 0.0696 e. The topological polar surface area (TPSA) is 12.9 Å². The zero-order valence-electron chi connectivity index (χ0n) is 11.1. The Morgan fingerprint density at radius 2 is 1.94 bits per heavy atom. The minimum atomic E-state index is 0.519. The molecule has 0 N–H and O–H groups in total. The van der Waals surface area contributed by atoms with Crippen molar-refractivity contribution in [2.45, 2.75) is 40.5 Å². The van der Waals surface area contributed by atoms with E-state index in [1.165, 1.54) is 5.56 Å². The third-order valence-corrected chi connectivity index (χ3v) is 2.18. The summed E-state index contributed by atoms with van der Waals surface area (Å²) in [7, 11) is 0. The van der Waals surface area contributed by atoms with E-state index in [0.717, 1.165) is 11.3 Å². The van der Waals surface area contributed by atoms with Gasteiger partial charge < -0.3 is 0 Å². The number of aromatic nitrogens is 1. The van der Waals surface area contributed by atoms with Crippen LogP contribution in [0.1, 0.15) is 57.4 Å². The molecule has 88 valence electrons. The molecule has 0 spiro atoms. The monoisotopic (exact) mass is 217 g/mol. The van der Waals surface area contributed by atoms with E-state index in [-0.39, 0.29) is 0 Å². The van der Waals surface area contributed by atoms with Crippen molar-refractivity contribution < 1.29 is 0 Å². The zero-order chi connectivity index (χ0) is 12.6. The highest BCUT2D eigenvalue weighted by Gasteiger charge is 2.03. The first-order chi connectivity index (χ1) is 7.69. The summed E-state index contributed by atoms with van der Waals surface area (Å²) in [5.74, 6) is 0.519. The van der Waals surface area contributed by atoms with Crippen LogP contribution in [0.25, 0.3) is 12.2 Å². The van der Waals surface area contributed by atoms with E-state index in [0.29, 0.717) is 5.92 Å². The Kier molecular flexibility index (Phi) is 7.19. The molecule has 1 heteroatoms. The van der Waals surface area contributed by atoms with Crippen LogP contribution < -0.4 is 0 Å². The first-order valence-corrected chi connectivity index (χ1v) is 5.94. The maximum absolute atomic E-state index is 4.37. The third-order valence-electron chi connectivity index (χ3n) is 2.18. The lowest BCUT2D eigenvalue weighted by Gasteiger charge is -2.07. The van der Waals surface area contributed by atoms with Crippen molar-refractivity contribution >= 4 is 12.2 Å². The molecule has 0 fully saturated rings. The molecule has 0 saturated heterocycles. The minimum Gasteiger partial charge on any atom is -0.256 e. The van der Waals surface area contributed by atoms with E-state index < -0.39 is 0 Å². The highest BCUT2D eigenvalue weighted by molar-refractivity contribution is 5.62. The fourth-order valence-electron chi connectivity index (χ4n) is 1.31. The molecule has 0 atom stereocenters. The lowest BCUT2D eigenvalue weighted by atomic mass is 10.0. The first kappa shape index (κ1) is 14.6. The van der Waals surface area contributed by atoms with Crippen molar-refractivity contribution in [3.05, 3.63) is 41.7 Å². The summed E-state index contributed by atoms with van der Waals surface area (Å²) in [6, 6.07) is 2.18. The van der Waals surface area contributed by atoms with Crippen molar-refractivity contribution in [3.8, 4) is 0 Å². The summed E-state index contributed by atoms with van der Waals surface area (Å²) in [5, 5.41) is 0. The van der Waals surface area contributed by atoms with Gasteiger partial charge in [0, 0.05) is 11.8 Å². The molecular formula is C15H23N. The SMILES string of the molecule is C=Cc1ncc(C(C)C)cc1/C=C\C.CC. The lowest BCUT2D eigenvalue weighted by Crippen LogP contribution is -1.93. The number of hydrogen-bond donors (Lipinski definition) is 0. The maximum atomic E-state index is 4.37. The quantitative estimate of drug-likeness (QED) is 0.701. The molecule has 0 bridgehead atoms. The standard InChI is InChI=1S/C13H17N.C2H6/c1-5-7-11-8-12(10(3)4)9-14-13(11)6-2;1-2/h5-10H,2H2,1,3-4H3;1-2H3/b7-5-;. The summed E-state index contributed by atoms with van der Waals surface area (Å²) < 4.78 is 0. The number of hydrogen-bond acceptors (Lipinski definition) is 1. The molecule has 1 aromatic heterocycles. The Morgan fingerprint density at radius 1 is 1.31 bits per heavy atom. The van der Waals surface area contributed by atoms with Crippen LogP contribution >= 0.6 is 0 Å². The fourth-order valence-corrected chi connectivity index (χ4v) is 1.31. The summed E-state index contributed by atoms with van der Waals surface area (Å²) in [4.78, 5) is 4.37. The second-order valence-electron chi connectivity index (χ2n) is 3.60. The summed E-state index contributed by atoms with van der Waals surface area (Å²) in [6.45, 7) is 14.1. The van der Waals surface area contributed by atoms with Gasteiger partial charge >= 0.3 is 0 Å². The molecule has 1 aromatic rings. The second kappa shape index (κ2) is 7.86. The number of rotatable bonds is 3. The molecular weight excluding hydrogens is 194 g/mol. The fraction of sp³-hybridized carbons (Fsp3) is 0.400. The molecule has 16 heavy (non-hydrogen) atoms. The van der Waals surface area contributed by atoms with Gasteiger partial charge in [0.2, 0.25) is 0 Å². The number of pyridine rings is 1. The van der Waals surface area contributed by atoms with E-state index in [1.54, 1.807) is 6.08 Å². The average molecular weight is 217 g/mol. The molecule has 0 amide bonds. The van der Waals surface area contributed by atoms with Crippen LogP contribution in [0, 0.1) is 0 Å². The molecule has 1 nitrogen and oxygen atoms in total. The van der Waals surface area contributed by atoms with Crippen LogP contribution in [0.5, 0.6) is 0 Å². The van der Waals surface area contributed by atoms with Crippen LogP contribution in [-0.2, 0) is 0 Å². The molecule has 1 rings (SSSR count). The van der Waals surface area contributed by atoms with Crippen molar-refractivity contribution in [2.24, 2.45) is 0 Å². The van der Waals surface area contributed by atoms with Gasteiger partial charge in [-0.1, -0.05) is 46.4 Å². The van der Waals surface area contributed by atoms with Crippen molar-refractivity contribution in [1.82, 2.24) is 4.98 Å². The van der Waals surface area contributed by atoms with Crippen LogP contribution in [-0.4, -0.2) is 4.98 Å². The first-order valence-electron chi connectivity index (χ1n) is 5.94. The summed E-state index contributed by atoms with van der Waals surface area (Å²) >= 11 is 0. The Bertz CT molecular complexity index is 348. The molecule has 0 aromatic carbocycles. The lowest BCUT2D eigenvalue weighted by molar-refractivity contribution is 0.857. The Hall–Kier alpha value is -1.37. The van der Waals surface area contributed by atoms with Crippen molar-refractivity contribution in [1.29, 1.82) is 0 Å². The van der Waals surface area contributed by atoms with E-state index in [2.05, 4.69) is 37.6 Å². The molecule has 0 saturated carbocycles. The highest BCUT2D eigenvalue weighted by Crippen LogP contribution is 2.18. The van der Waals surface area contributed by atoms with E-state index in [1.807, 2.05) is 33.0 Å². The van der Waals surface area contributed by atoms with Crippen LogP contribution in [0.3, 0.4) is 0 Å². The molecule has 1 heterocycles.